The Morgan fingerprint density at radius 1 is 1.44 bits per heavy atom. The molecule has 1 heteroatoms. The van der Waals surface area contributed by atoms with Gasteiger partial charge in [-0.05, 0) is 55.9 Å². The lowest BCUT2D eigenvalue weighted by molar-refractivity contribution is -0.173. The molecule has 1 saturated heterocycles. The summed E-state index contributed by atoms with van der Waals surface area (Å²) in [6.07, 6.45) is 7.42. The molecular weight excluding hydrogens is 196 g/mol. The van der Waals surface area contributed by atoms with Gasteiger partial charge in [0.25, 0.3) is 0 Å². The first-order chi connectivity index (χ1) is 7.63. The first kappa shape index (κ1) is 10.6. The Bertz CT molecular complexity index is 354. The van der Waals surface area contributed by atoms with Crippen LogP contribution in [0, 0.1) is 17.8 Å². The highest BCUT2D eigenvalue weighted by Gasteiger charge is 2.54. The minimum atomic E-state index is 0.156. The first-order valence-corrected chi connectivity index (χ1v) is 6.61. The van der Waals surface area contributed by atoms with Crippen LogP contribution in [0.15, 0.2) is 23.8 Å². The third kappa shape index (κ3) is 1.27. The number of rotatable bonds is 0. The maximum Gasteiger partial charge on any atom is 0.0783 e. The summed E-state index contributed by atoms with van der Waals surface area (Å²) in [5.41, 5.74) is 3.06. The second-order valence-electron chi connectivity index (χ2n) is 6.05. The van der Waals surface area contributed by atoms with E-state index >= 15 is 0 Å². The summed E-state index contributed by atoms with van der Waals surface area (Å²) in [4.78, 5) is 0. The number of ether oxygens (including phenoxy) is 1. The Kier molecular flexibility index (Phi) is 2.29. The average Bonchev–Trinajstić information content (AvgIpc) is 2.27. The van der Waals surface area contributed by atoms with Crippen LogP contribution in [0.4, 0.5) is 0 Å². The maximum absolute atomic E-state index is 6.27. The van der Waals surface area contributed by atoms with Crippen LogP contribution in [0.3, 0.4) is 0 Å². The smallest absolute Gasteiger partial charge is 0.0783 e. The Morgan fingerprint density at radius 2 is 2.25 bits per heavy atom. The lowest BCUT2D eigenvalue weighted by Gasteiger charge is -2.57. The minimum absolute atomic E-state index is 0.156. The second kappa shape index (κ2) is 3.46. The molecule has 2 aliphatic carbocycles. The molecule has 4 atom stereocenters. The van der Waals surface area contributed by atoms with Gasteiger partial charge in [-0.25, -0.2) is 0 Å². The van der Waals surface area contributed by atoms with E-state index in [1.165, 1.54) is 24.8 Å². The normalized spacial score (nSPS) is 47.2. The van der Waals surface area contributed by atoms with Crippen molar-refractivity contribution in [2.24, 2.45) is 17.8 Å². The summed E-state index contributed by atoms with van der Waals surface area (Å²) in [6.45, 7) is 9.68. The van der Waals surface area contributed by atoms with Crippen LogP contribution < -0.4 is 0 Å². The van der Waals surface area contributed by atoms with Gasteiger partial charge in [0, 0.05) is 0 Å². The van der Waals surface area contributed by atoms with E-state index in [9.17, 15) is 0 Å². The van der Waals surface area contributed by atoms with Crippen LogP contribution in [-0.2, 0) is 4.74 Å². The van der Waals surface area contributed by atoms with Gasteiger partial charge in [-0.15, -0.1) is 0 Å². The minimum Gasteiger partial charge on any atom is -0.370 e. The molecule has 16 heavy (non-hydrogen) atoms. The van der Waals surface area contributed by atoms with E-state index in [1.807, 2.05) is 0 Å². The van der Waals surface area contributed by atoms with Crippen LogP contribution in [0.2, 0.25) is 0 Å². The third-order valence-corrected chi connectivity index (χ3v) is 5.22. The molecule has 0 amide bonds. The molecular formula is C15H22O. The van der Waals surface area contributed by atoms with Crippen LogP contribution in [-0.4, -0.2) is 12.2 Å². The van der Waals surface area contributed by atoms with E-state index in [-0.39, 0.29) is 5.60 Å². The van der Waals surface area contributed by atoms with E-state index in [2.05, 4.69) is 26.5 Å². The molecule has 2 fully saturated rings. The van der Waals surface area contributed by atoms with Gasteiger partial charge in [0.15, 0.2) is 0 Å². The number of hydrogen-bond donors (Lipinski definition) is 0. The molecule has 88 valence electrons. The van der Waals surface area contributed by atoms with Crippen LogP contribution in [0.5, 0.6) is 0 Å². The molecule has 3 rings (SSSR count). The van der Waals surface area contributed by atoms with E-state index < -0.39 is 0 Å². The molecule has 2 bridgehead atoms. The Hall–Kier alpha value is -0.560. The molecule has 3 aliphatic rings. The van der Waals surface area contributed by atoms with Gasteiger partial charge in [0.1, 0.15) is 0 Å². The molecule has 0 aromatic carbocycles. The molecule has 1 saturated carbocycles. The number of allylic oxidation sites excluding steroid dienone is 1. The zero-order chi connectivity index (χ0) is 11.3. The van der Waals surface area contributed by atoms with Crippen molar-refractivity contribution in [1.82, 2.24) is 0 Å². The van der Waals surface area contributed by atoms with Crippen LogP contribution >= 0.6 is 0 Å². The summed E-state index contributed by atoms with van der Waals surface area (Å²) in [7, 11) is 0. The van der Waals surface area contributed by atoms with Crippen molar-refractivity contribution in [3.8, 4) is 0 Å². The van der Waals surface area contributed by atoms with Crippen molar-refractivity contribution in [3.63, 3.8) is 0 Å². The molecule has 1 heterocycles. The van der Waals surface area contributed by atoms with Crippen molar-refractivity contribution >= 4 is 0 Å². The Morgan fingerprint density at radius 3 is 3.06 bits per heavy atom. The summed E-state index contributed by atoms with van der Waals surface area (Å²) in [6, 6.07) is 0. The number of hydrogen-bond acceptors (Lipinski definition) is 1. The fraction of sp³-hybridized carbons (Fsp3) is 0.733. The summed E-state index contributed by atoms with van der Waals surface area (Å²) >= 11 is 0. The van der Waals surface area contributed by atoms with E-state index in [0.717, 1.165) is 18.9 Å². The topological polar surface area (TPSA) is 9.23 Å². The second-order valence-corrected chi connectivity index (χ2v) is 6.05. The summed E-state index contributed by atoms with van der Waals surface area (Å²) in [5, 5.41) is 0. The zero-order valence-electron chi connectivity index (χ0n) is 10.5. The van der Waals surface area contributed by atoms with E-state index in [0.29, 0.717) is 11.8 Å². The largest absolute Gasteiger partial charge is 0.370 e. The monoisotopic (exact) mass is 218 g/mol. The average molecular weight is 218 g/mol. The van der Waals surface area contributed by atoms with Crippen molar-refractivity contribution in [1.29, 1.82) is 0 Å². The molecule has 1 aliphatic heterocycles. The van der Waals surface area contributed by atoms with Crippen molar-refractivity contribution in [3.05, 3.63) is 23.8 Å². The highest BCUT2D eigenvalue weighted by atomic mass is 16.5. The molecule has 0 aromatic rings. The zero-order valence-corrected chi connectivity index (χ0v) is 10.5. The van der Waals surface area contributed by atoms with Gasteiger partial charge in [-0.1, -0.05) is 25.2 Å². The third-order valence-electron chi connectivity index (χ3n) is 5.22. The van der Waals surface area contributed by atoms with Crippen LogP contribution in [0.1, 0.15) is 39.5 Å². The predicted molar refractivity (Wildman–Crippen MR) is 66.2 cm³/mol. The molecule has 4 unspecified atom stereocenters. The predicted octanol–water partition coefficient (Wildman–Crippen LogP) is 3.71. The highest BCUT2D eigenvalue weighted by molar-refractivity contribution is 5.23. The highest BCUT2D eigenvalue weighted by Crippen LogP contribution is 2.55. The van der Waals surface area contributed by atoms with Crippen molar-refractivity contribution < 1.29 is 4.74 Å². The van der Waals surface area contributed by atoms with Gasteiger partial charge < -0.3 is 4.74 Å². The fourth-order valence-electron chi connectivity index (χ4n) is 4.14. The summed E-state index contributed by atoms with van der Waals surface area (Å²) < 4.78 is 6.27. The Labute approximate surface area is 98.6 Å². The SMILES string of the molecule is C=C1COC23CC=C(C)CC2C1CCC3C. The lowest BCUT2D eigenvalue weighted by Crippen LogP contribution is -2.57. The molecule has 0 N–H and O–H groups in total. The van der Waals surface area contributed by atoms with Crippen molar-refractivity contribution in [2.75, 3.05) is 6.61 Å². The van der Waals surface area contributed by atoms with Crippen LogP contribution in [0.25, 0.3) is 0 Å². The van der Waals surface area contributed by atoms with Gasteiger partial charge in [-0.2, -0.15) is 0 Å². The lowest BCUT2D eigenvalue weighted by atomic mass is 9.56. The maximum atomic E-state index is 6.27. The van der Waals surface area contributed by atoms with Gasteiger partial charge in [0.05, 0.1) is 12.2 Å². The molecule has 0 spiro atoms. The first-order valence-electron chi connectivity index (χ1n) is 6.61. The van der Waals surface area contributed by atoms with Crippen molar-refractivity contribution in [2.45, 2.75) is 45.1 Å². The molecule has 0 radical (unpaired) electrons. The summed E-state index contributed by atoms with van der Waals surface area (Å²) in [5.74, 6) is 2.15. The van der Waals surface area contributed by atoms with Gasteiger partial charge >= 0.3 is 0 Å². The standard InChI is InChI=1S/C15H22O/c1-10-6-7-15-12(3)4-5-13(14(15)8-10)11(2)9-16-15/h6,12-14H,2,4-5,7-9H2,1,3H3. The quantitative estimate of drug-likeness (QED) is 0.563. The van der Waals surface area contributed by atoms with Gasteiger partial charge in [0.2, 0.25) is 0 Å². The molecule has 1 nitrogen and oxygen atoms in total. The van der Waals surface area contributed by atoms with E-state index in [1.54, 1.807) is 5.57 Å². The Balaban J connectivity index is 2.02. The fourth-order valence-corrected chi connectivity index (χ4v) is 4.14. The van der Waals surface area contributed by atoms with E-state index in [4.69, 9.17) is 4.74 Å². The van der Waals surface area contributed by atoms with Gasteiger partial charge in [-0.3, -0.25) is 0 Å². The molecule has 0 aromatic heterocycles.